The van der Waals surface area contributed by atoms with Crippen molar-refractivity contribution in [2.45, 2.75) is 32.7 Å². The Morgan fingerprint density at radius 3 is 2.64 bits per heavy atom. The third-order valence-electron chi connectivity index (χ3n) is 4.59. The van der Waals surface area contributed by atoms with E-state index < -0.39 is 0 Å². The van der Waals surface area contributed by atoms with Crippen molar-refractivity contribution >= 4 is 16.9 Å². The minimum Gasteiger partial charge on any atom is -0.361 e. The van der Waals surface area contributed by atoms with Crippen molar-refractivity contribution in [3.8, 4) is 0 Å². The number of benzene rings is 2. The first kappa shape index (κ1) is 17.1. The minimum atomic E-state index is -0.132. The highest BCUT2D eigenvalue weighted by Gasteiger charge is 2.09. The summed E-state index contributed by atoms with van der Waals surface area (Å²) >= 11 is 0. The molecule has 3 rings (SSSR count). The Morgan fingerprint density at radius 1 is 1.12 bits per heavy atom. The van der Waals surface area contributed by atoms with Crippen LogP contribution in [0.15, 0.2) is 54.7 Å². The van der Waals surface area contributed by atoms with Gasteiger partial charge in [-0.25, -0.2) is 4.79 Å². The Kier molecular flexibility index (Phi) is 5.39. The second-order valence-corrected chi connectivity index (χ2v) is 6.33. The van der Waals surface area contributed by atoms with E-state index in [0.29, 0.717) is 6.54 Å². The molecule has 0 saturated heterocycles. The van der Waals surface area contributed by atoms with Gasteiger partial charge >= 0.3 is 6.03 Å². The fraction of sp³-hybridized carbons (Fsp3) is 0.286. The summed E-state index contributed by atoms with van der Waals surface area (Å²) in [6.45, 7) is 4.74. The maximum Gasteiger partial charge on any atom is 0.315 e. The summed E-state index contributed by atoms with van der Waals surface area (Å²) < 4.78 is 0. The molecule has 1 atom stereocenters. The van der Waals surface area contributed by atoms with E-state index in [1.807, 2.05) is 25.3 Å². The largest absolute Gasteiger partial charge is 0.361 e. The second kappa shape index (κ2) is 7.88. The van der Waals surface area contributed by atoms with Gasteiger partial charge in [0.05, 0.1) is 6.04 Å². The van der Waals surface area contributed by atoms with Gasteiger partial charge in [-0.05, 0) is 42.5 Å². The molecule has 0 aliphatic carbocycles. The number of H-pyrrole nitrogens is 1. The molecule has 0 fully saturated rings. The van der Waals surface area contributed by atoms with Gasteiger partial charge in [-0.15, -0.1) is 0 Å². The Balaban J connectivity index is 1.49. The van der Waals surface area contributed by atoms with E-state index >= 15 is 0 Å². The summed E-state index contributed by atoms with van der Waals surface area (Å²) in [4.78, 5) is 15.4. The lowest BCUT2D eigenvalue weighted by molar-refractivity contribution is 0.238. The molecule has 1 heterocycles. The van der Waals surface area contributed by atoms with Crippen LogP contribution in [0.1, 0.15) is 36.6 Å². The van der Waals surface area contributed by atoms with Crippen molar-refractivity contribution in [1.29, 1.82) is 0 Å². The second-order valence-electron chi connectivity index (χ2n) is 6.33. The van der Waals surface area contributed by atoms with Crippen molar-refractivity contribution in [1.82, 2.24) is 15.6 Å². The highest BCUT2D eigenvalue weighted by atomic mass is 16.2. The summed E-state index contributed by atoms with van der Waals surface area (Å²) in [6, 6.07) is 16.4. The highest BCUT2D eigenvalue weighted by Crippen LogP contribution is 2.17. The van der Waals surface area contributed by atoms with Crippen LogP contribution in [0.4, 0.5) is 4.79 Å². The number of aryl methyl sites for hydroxylation is 1. The molecule has 1 unspecified atom stereocenters. The molecule has 25 heavy (non-hydrogen) atoms. The Bertz CT molecular complexity index is 836. The molecule has 2 amide bonds. The first-order valence-corrected chi connectivity index (χ1v) is 8.85. The van der Waals surface area contributed by atoms with E-state index in [1.165, 1.54) is 16.5 Å². The van der Waals surface area contributed by atoms with Crippen LogP contribution in [0.2, 0.25) is 0 Å². The summed E-state index contributed by atoms with van der Waals surface area (Å²) in [5.74, 6) is 0. The maximum atomic E-state index is 12.1. The van der Waals surface area contributed by atoms with E-state index in [0.717, 1.165) is 23.9 Å². The van der Waals surface area contributed by atoms with Gasteiger partial charge in [-0.3, -0.25) is 0 Å². The number of para-hydroxylation sites is 1. The van der Waals surface area contributed by atoms with Crippen molar-refractivity contribution in [3.05, 3.63) is 71.4 Å². The van der Waals surface area contributed by atoms with Crippen molar-refractivity contribution in [2.75, 3.05) is 6.54 Å². The number of hydrogen-bond donors (Lipinski definition) is 3. The van der Waals surface area contributed by atoms with Gasteiger partial charge in [0.15, 0.2) is 0 Å². The van der Waals surface area contributed by atoms with Crippen LogP contribution < -0.4 is 10.6 Å². The number of rotatable bonds is 6. The monoisotopic (exact) mass is 335 g/mol. The number of fused-ring (bicyclic) bond motifs is 1. The van der Waals surface area contributed by atoms with Gasteiger partial charge in [0, 0.05) is 23.6 Å². The highest BCUT2D eigenvalue weighted by molar-refractivity contribution is 5.83. The Labute approximate surface area is 148 Å². The van der Waals surface area contributed by atoms with Crippen LogP contribution in [0.5, 0.6) is 0 Å². The number of aromatic amines is 1. The third-order valence-corrected chi connectivity index (χ3v) is 4.59. The molecule has 0 aliphatic rings. The van der Waals surface area contributed by atoms with Crippen LogP contribution in [0.3, 0.4) is 0 Å². The number of amides is 2. The standard InChI is InChI=1S/C21H25N3O/c1-3-16-8-10-17(11-9-16)15(2)24-21(25)22-13-12-18-14-23-20-7-5-4-6-19(18)20/h4-11,14-15,23H,3,12-13H2,1-2H3,(H2,22,24,25). The lowest BCUT2D eigenvalue weighted by Crippen LogP contribution is -2.38. The molecule has 1 aromatic heterocycles. The molecule has 4 heteroatoms. The van der Waals surface area contributed by atoms with E-state index in [9.17, 15) is 4.79 Å². The summed E-state index contributed by atoms with van der Waals surface area (Å²) in [6.07, 6.45) is 3.84. The van der Waals surface area contributed by atoms with Gasteiger partial charge in [0.25, 0.3) is 0 Å². The van der Waals surface area contributed by atoms with E-state index in [2.05, 4.69) is 58.9 Å². The first-order chi connectivity index (χ1) is 12.2. The number of hydrogen-bond acceptors (Lipinski definition) is 1. The topological polar surface area (TPSA) is 56.9 Å². The SMILES string of the molecule is CCc1ccc(C(C)NC(=O)NCCc2c[nH]c3ccccc23)cc1. The predicted molar refractivity (Wildman–Crippen MR) is 103 cm³/mol. The van der Waals surface area contributed by atoms with Crippen LogP contribution >= 0.6 is 0 Å². The van der Waals surface area contributed by atoms with Gasteiger partial charge in [0.1, 0.15) is 0 Å². The molecular weight excluding hydrogens is 310 g/mol. The zero-order valence-electron chi connectivity index (χ0n) is 14.8. The number of carbonyl (C=O) groups is 1. The molecule has 130 valence electrons. The zero-order chi connectivity index (χ0) is 17.6. The van der Waals surface area contributed by atoms with Crippen LogP contribution in [0, 0.1) is 0 Å². The molecule has 0 saturated carbocycles. The molecule has 3 N–H and O–H groups in total. The number of urea groups is 1. The van der Waals surface area contributed by atoms with Crippen LogP contribution in [0.25, 0.3) is 10.9 Å². The molecule has 3 aromatic rings. The van der Waals surface area contributed by atoms with Gasteiger partial charge in [-0.1, -0.05) is 49.4 Å². The molecule has 2 aromatic carbocycles. The summed E-state index contributed by atoms with van der Waals surface area (Å²) in [7, 11) is 0. The Hall–Kier alpha value is -2.75. The maximum absolute atomic E-state index is 12.1. The minimum absolute atomic E-state index is 0.0148. The first-order valence-electron chi connectivity index (χ1n) is 8.85. The fourth-order valence-electron chi connectivity index (χ4n) is 3.02. The molecule has 0 bridgehead atoms. The summed E-state index contributed by atoms with van der Waals surface area (Å²) in [5, 5.41) is 7.15. The van der Waals surface area contributed by atoms with E-state index in [4.69, 9.17) is 0 Å². The van der Waals surface area contributed by atoms with Gasteiger partial charge in [-0.2, -0.15) is 0 Å². The van der Waals surface area contributed by atoms with Crippen molar-refractivity contribution in [3.63, 3.8) is 0 Å². The fourth-order valence-corrected chi connectivity index (χ4v) is 3.02. The van der Waals surface area contributed by atoms with Crippen LogP contribution in [-0.2, 0) is 12.8 Å². The normalized spacial score (nSPS) is 12.1. The molecule has 4 nitrogen and oxygen atoms in total. The van der Waals surface area contributed by atoms with Gasteiger partial charge in [0.2, 0.25) is 0 Å². The number of carbonyl (C=O) groups excluding carboxylic acids is 1. The molecular formula is C21H25N3O. The number of aromatic nitrogens is 1. The van der Waals surface area contributed by atoms with Gasteiger partial charge < -0.3 is 15.6 Å². The quantitative estimate of drug-likeness (QED) is 0.617. The third kappa shape index (κ3) is 4.21. The average Bonchev–Trinajstić information content (AvgIpc) is 3.05. The molecule has 0 spiro atoms. The zero-order valence-corrected chi connectivity index (χ0v) is 14.8. The van der Waals surface area contributed by atoms with Crippen LogP contribution in [-0.4, -0.2) is 17.6 Å². The van der Waals surface area contributed by atoms with E-state index in [1.54, 1.807) is 0 Å². The molecule has 0 radical (unpaired) electrons. The average molecular weight is 335 g/mol. The lowest BCUT2D eigenvalue weighted by atomic mass is 10.1. The lowest BCUT2D eigenvalue weighted by Gasteiger charge is -2.15. The van der Waals surface area contributed by atoms with Crippen molar-refractivity contribution < 1.29 is 4.79 Å². The number of nitrogens with one attached hydrogen (secondary N) is 3. The predicted octanol–water partition coefficient (Wildman–Crippen LogP) is 4.33. The summed E-state index contributed by atoms with van der Waals surface area (Å²) in [5.41, 5.74) is 4.77. The van der Waals surface area contributed by atoms with Crippen molar-refractivity contribution in [2.24, 2.45) is 0 Å². The molecule has 0 aliphatic heterocycles. The van der Waals surface area contributed by atoms with E-state index in [-0.39, 0.29) is 12.1 Å². The smallest absolute Gasteiger partial charge is 0.315 e. The Morgan fingerprint density at radius 2 is 1.88 bits per heavy atom.